The van der Waals surface area contributed by atoms with Crippen molar-refractivity contribution in [3.63, 3.8) is 0 Å². The van der Waals surface area contributed by atoms with Crippen molar-refractivity contribution in [3.05, 3.63) is 0 Å². The molecule has 0 amide bonds. The summed E-state index contributed by atoms with van der Waals surface area (Å²) in [6, 6.07) is 0. The van der Waals surface area contributed by atoms with E-state index in [0.29, 0.717) is 0 Å². The summed E-state index contributed by atoms with van der Waals surface area (Å²) in [6.07, 6.45) is -9.97. The standard InChI is InChI=1S/C26H39NO14/c1-11-21(36-13(3)28)25(40-17(7)32)23(38-15(5)30)19(34-11)9-27-10-20-24(39-16(6)31)26(41-18(8)33)22(12(2)35-20)37-14(4)29/h11-12,19-27H,9-10H2,1-8H3/t11-,12-,19+,20+,21+,22+,23+,24+,25+,26+/m0/s1. The van der Waals surface area contributed by atoms with Gasteiger partial charge in [-0.25, -0.2) is 0 Å². The highest BCUT2D eigenvalue weighted by atomic mass is 16.7. The van der Waals surface area contributed by atoms with Crippen LogP contribution in [-0.4, -0.2) is 110 Å². The van der Waals surface area contributed by atoms with Crippen LogP contribution in [0.15, 0.2) is 0 Å². The van der Waals surface area contributed by atoms with Crippen LogP contribution in [0.1, 0.15) is 55.4 Å². The first-order valence-corrected chi connectivity index (χ1v) is 13.2. The minimum Gasteiger partial charge on any atom is -0.456 e. The molecule has 0 aromatic heterocycles. The Bertz CT molecular complexity index is 909. The zero-order chi connectivity index (χ0) is 31.0. The van der Waals surface area contributed by atoms with Gasteiger partial charge in [-0.15, -0.1) is 0 Å². The Balaban J connectivity index is 2.27. The summed E-state index contributed by atoms with van der Waals surface area (Å²) >= 11 is 0. The van der Waals surface area contributed by atoms with Crippen molar-refractivity contribution in [2.75, 3.05) is 13.1 Å². The Labute approximate surface area is 237 Å². The Morgan fingerprint density at radius 1 is 0.463 bits per heavy atom. The largest absolute Gasteiger partial charge is 0.456 e. The predicted octanol–water partition coefficient (Wildman–Crippen LogP) is -0.259. The molecule has 0 aliphatic carbocycles. The van der Waals surface area contributed by atoms with E-state index in [1.807, 2.05) is 0 Å². The molecule has 2 heterocycles. The van der Waals surface area contributed by atoms with Crippen molar-refractivity contribution < 1.29 is 66.7 Å². The number of rotatable bonds is 10. The molecule has 2 rings (SSSR count). The molecule has 1 N–H and O–H groups in total. The van der Waals surface area contributed by atoms with E-state index in [-0.39, 0.29) is 13.1 Å². The molecule has 0 aromatic rings. The van der Waals surface area contributed by atoms with Crippen molar-refractivity contribution in [2.45, 2.75) is 116 Å². The van der Waals surface area contributed by atoms with E-state index in [2.05, 4.69) is 5.32 Å². The molecule has 0 unspecified atom stereocenters. The van der Waals surface area contributed by atoms with Crippen molar-refractivity contribution in [3.8, 4) is 0 Å². The molecule has 0 radical (unpaired) electrons. The summed E-state index contributed by atoms with van der Waals surface area (Å²) in [6.45, 7) is 10.3. The minimum absolute atomic E-state index is 0.0134. The molecule has 232 valence electrons. The maximum Gasteiger partial charge on any atom is 0.303 e. The van der Waals surface area contributed by atoms with Gasteiger partial charge >= 0.3 is 35.8 Å². The molecule has 0 aromatic carbocycles. The minimum atomic E-state index is -1.16. The van der Waals surface area contributed by atoms with Gasteiger partial charge in [-0.05, 0) is 13.8 Å². The Morgan fingerprint density at radius 3 is 0.976 bits per heavy atom. The number of esters is 6. The van der Waals surface area contributed by atoms with Gasteiger partial charge < -0.3 is 43.2 Å². The van der Waals surface area contributed by atoms with Crippen LogP contribution in [0.5, 0.6) is 0 Å². The third-order valence-electron chi connectivity index (χ3n) is 6.24. The number of hydrogen-bond donors (Lipinski definition) is 1. The van der Waals surface area contributed by atoms with Crippen LogP contribution in [0.25, 0.3) is 0 Å². The summed E-state index contributed by atoms with van der Waals surface area (Å²) in [5, 5.41) is 3.10. The lowest BCUT2D eigenvalue weighted by Crippen LogP contribution is -2.64. The SMILES string of the molecule is CC(=O)O[C@@H]1[C@H](OC(C)=O)[C@H](C)O[C@H](CNC[C@H]2O[C@@H](C)[C@@H](OC(C)=O)[C@@H](OC(C)=O)[C@@H]2OC(C)=O)[C@H]1OC(C)=O. The van der Waals surface area contributed by atoms with Crippen molar-refractivity contribution >= 4 is 35.8 Å². The molecule has 2 fully saturated rings. The summed E-state index contributed by atoms with van der Waals surface area (Å²) in [4.78, 5) is 71.1. The van der Waals surface area contributed by atoms with E-state index in [1.54, 1.807) is 13.8 Å². The molecule has 0 bridgehead atoms. The number of nitrogens with one attached hydrogen (secondary N) is 1. The van der Waals surface area contributed by atoms with Gasteiger partial charge in [0.1, 0.15) is 12.2 Å². The number of carbonyl (C=O) groups is 6. The van der Waals surface area contributed by atoms with Gasteiger partial charge in [0.25, 0.3) is 0 Å². The Hall–Kier alpha value is -3.30. The van der Waals surface area contributed by atoms with Crippen molar-refractivity contribution in [1.29, 1.82) is 0 Å². The van der Waals surface area contributed by atoms with Crippen molar-refractivity contribution in [2.24, 2.45) is 0 Å². The van der Waals surface area contributed by atoms with Gasteiger partial charge in [-0.2, -0.15) is 0 Å². The Morgan fingerprint density at radius 2 is 0.707 bits per heavy atom. The fourth-order valence-corrected chi connectivity index (χ4v) is 4.92. The molecule has 2 aliphatic heterocycles. The maximum absolute atomic E-state index is 11.9. The second kappa shape index (κ2) is 15.1. The second-order valence-corrected chi connectivity index (χ2v) is 9.86. The second-order valence-electron chi connectivity index (χ2n) is 9.86. The average molecular weight is 590 g/mol. The lowest BCUT2D eigenvalue weighted by Gasteiger charge is -2.45. The number of hydrogen-bond acceptors (Lipinski definition) is 15. The van der Waals surface area contributed by atoms with Gasteiger partial charge in [0.15, 0.2) is 36.6 Å². The van der Waals surface area contributed by atoms with Crippen LogP contribution < -0.4 is 5.32 Å². The topological polar surface area (TPSA) is 188 Å². The molecule has 2 aliphatic rings. The van der Waals surface area contributed by atoms with E-state index >= 15 is 0 Å². The molecule has 15 nitrogen and oxygen atoms in total. The monoisotopic (exact) mass is 589 g/mol. The molecule has 0 saturated carbocycles. The van der Waals surface area contributed by atoms with E-state index < -0.39 is 96.9 Å². The first-order chi connectivity index (χ1) is 19.1. The van der Waals surface area contributed by atoms with Crippen LogP contribution in [0.2, 0.25) is 0 Å². The first kappa shape index (κ1) is 33.9. The van der Waals surface area contributed by atoms with Crippen LogP contribution >= 0.6 is 0 Å². The Kier molecular flexibility index (Phi) is 12.5. The highest BCUT2D eigenvalue weighted by Crippen LogP contribution is 2.30. The smallest absolute Gasteiger partial charge is 0.303 e. The lowest BCUT2D eigenvalue weighted by molar-refractivity contribution is -0.246. The van der Waals surface area contributed by atoms with Crippen LogP contribution in [0.3, 0.4) is 0 Å². The lowest BCUT2D eigenvalue weighted by atomic mass is 9.93. The summed E-state index contributed by atoms with van der Waals surface area (Å²) in [5.74, 6) is -4.02. The van der Waals surface area contributed by atoms with Crippen LogP contribution in [0.4, 0.5) is 0 Å². The van der Waals surface area contributed by atoms with Crippen LogP contribution in [0, 0.1) is 0 Å². The highest BCUT2D eigenvalue weighted by molar-refractivity contribution is 5.69. The number of carbonyl (C=O) groups excluding carboxylic acids is 6. The fraction of sp³-hybridized carbons (Fsp3) is 0.769. The number of ether oxygens (including phenoxy) is 8. The van der Waals surface area contributed by atoms with Crippen LogP contribution in [-0.2, 0) is 66.7 Å². The van der Waals surface area contributed by atoms with E-state index in [0.717, 1.165) is 0 Å². The average Bonchev–Trinajstić information content (AvgIpc) is 2.81. The van der Waals surface area contributed by atoms with E-state index in [4.69, 9.17) is 37.9 Å². The normalized spacial score (nSPS) is 33.1. The summed E-state index contributed by atoms with van der Waals surface area (Å²) < 4.78 is 44.4. The third kappa shape index (κ3) is 9.93. The predicted molar refractivity (Wildman–Crippen MR) is 135 cm³/mol. The quantitative estimate of drug-likeness (QED) is 0.259. The van der Waals surface area contributed by atoms with Gasteiger partial charge in [-0.3, -0.25) is 28.8 Å². The molecule has 0 spiro atoms. The van der Waals surface area contributed by atoms with Crippen molar-refractivity contribution in [1.82, 2.24) is 5.32 Å². The molecule has 15 heteroatoms. The van der Waals surface area contributed by atoms with E-state index in [1.165, 1.54) is 41.5 Å². The summed E-state index contributed by atoms with van der Waals surface area (Å²) in [7, 11) is 0. The maximum atomic E-state index is 11.9. The highest BCUT2D eigenvalue weighted by Gasteiger charge is 2.52. The van der Waals surface area contributed by atoms with Gasteiger partial charge in [0.2, 0.25) is 0 Å². The van der Waals surface area contributed by atoms with E-state index in [9.17, 15) is 28.8 Å². The van der Waals surface area contributed by atoms with Gasteiger partial charge in [0.05, 0.1) is 12.2 Å². The zero-order valence-electron chi connectivity index (χ0n) is 24.4. The molecule has 41 heavy (non-hydrogen) atoms. The van der Waals surface area contributed by atoms with Gasteiger partial charge in [-0.1, -0.05) is 0 Å². The molecular weight excluding hydrogens is 550 g/mol. The first-order valence-electron chi connectivity index (χ1n) is 13.2. The van der Waals surface area contributed by atoms with Gasteiger partial charge in [0, 0.05) is 54.6 Å². The zero-order valence-corrected chi connectivity index (χ0v) is 24.4. The molecular formula is C26H39NO14. The molecule has 2 saturated heterocycles. The summed E-state index contributed by atoms with van der Waals surface area (Å²) in [5.41, 5.74) is 0. The third-order valence-corrected chi connectivity index (χ3v) is 6.24. The molecule has 10 atom stereocenters. The fourth-order valence-electron chi connectivity index (χ4n) is 4.92.